The number of carbonyl (C=O) groups excluding carboxylic acids is 1. The summed E-state index contributed by atoms with van der Waals surface area (Å²) in [5, 5.41) is 7.77. The zero-order valence-corrected chi connectivity index (χ0v) is 14.4. The molecule has 120 valence electrons. The van der Waals surface area contributed by atoms with Gasteiger partial charge in [0, 0.05) is 4.88 Å². The van der Waals surface area contributed by atoms with Gasteiger partial charge in [0.2, 0.25) is 0 Å². The number of amides is 1. The van der Waals surface area contributed by atoms with Crippen molar-refractivity contribution in [3.8, 4) is 0 Å². The van der Waals surface area contributed by atoms with Crippen molar-refractivity contribution >= 4 is 22.2 Å². The van der Waals surface area contributed by atoms with E-state index >= 15 is 0 Å². The minimum atomic E-state index is -0.127. The smallest absolute Gasteiger partial charge is 0.256 e. The van der Waals surface area contributed by atoms with Gasteiger partial charge in [0.05, 0.1) is 5.56 Å². The average Bonchev–Trinajstić information content (AvgIpc) is 2.92. The SMILES string of the molecule is CC[C@H]1CCc2c(sc3c2C(=O)N[C@H](c2ccccc2C)N3)C1. The highest BCUT2D eigenvalue weighted by molar-refractivity contribution is 7.16. The van der Waals surface area contributed by atoms with E-state index in [1.165, 1.54) is 28.8 Å². The van der Waals surface area contributed by atoms with Crippen molar-refractivity contribution in [3.63, 3.8) is 0 Å². The lowest BCUT2D eigenvalue weighted by molar-refractivity contribution is 0.0935. The van der Waals surface area contributed by atoms with E-state index in [1.807, 2.05) is 12.1 Å². The summed E-state index contributed by atoms with van der Waals surface area (Å²) in [7, 11) is 0. The van der Waals surface area contributed by atoms with Gasteiger partial charge in [-0.2, -0.15) is 0 Å². The third kappa shape index (κ3) is 2.45. The summed E-state index contributed by atoms with van der Waals surface area (Å²) in [4.78, 5) is 14.1. The Hall–Kier alpha value is -1.81. The molecule has 1 aromatic heterocycles. The number of carbonyl (C=O) groups is 1. The zero-order valence-electron chi connectivity index (χ0n) is 13.6. The molecule has 23 heavy (non-hydrogen) atoms. The molecular formula is C19H22N2OS. The predicted octanol–water partition coefficient (Wildman–Crippen LogP) is 4.43. The fraction of sp³-hybridized carbons (Fsp3) is 0.421. The summed E-state index contributed by atoms with van der Waals surface area (Å²) in [6.45, 7) is 4.35. The summed E-state index contributed by atoms with van der Waals surface area (Å²) < 4.78 is 0. The monoisotopic (exact) mass is 326 g/mol. The van der Waals surface area contributed by atoms with E-state index in [0.29, 0.717) is 0 Å². The fourth-order valence-corrected chi connectivity index (χ4v) is 5.17. The number of anilines is 1. The van der Waals surface area contributed by atoms with Gasteiger partial charge in [-0.1, -0.05) is 37.6 Å². The van der Waals surface area contributed by atoms with Crippen LogP contribution in [-0.2, 0) is 12.8 Å². The van der Waals surface area contributed by atoms with Crippen LogP contribution < -0.4 is 10.6 Å². The largest absolute Gasteiger partial charge is 0.353 e. The number of hydrogen-bond acceptors (Lipinski definition) is 3. The van der Waals surface area contributed by atoms with Crippen LogP contribution in [0.4, 0.5) is 5.00 Å². The molecule has 0 bridgehead atoms. The Kier molecular flexibility index (Phi) is 3.64. The highest BCUT2D eigenvalue weighted by Crippen LogP contribution is 2.43. The van der Waals surface area contributed by atoms with Crippen LogP contribution in [0.15, 0.2) is 24.3 Å². The van der Waals surface area contributed by atoms with Crippen molar-refractivity contribution in [1.29, 1.82) is 0 Å². The molecule has 2 atom stereocenters. The second-order valence-electron chi connectivity index (χ2n) is 6.63. The normalized spacial score (nSPS) is 22.8. The van der Waals surface area contributed by atoms with Crippen LogP contribution in [-0.4, -0.2) is 5.91 Å². The highest BCUT2D eigenvalue weighted by Gasteiger charge is 2.33. The lowest BCUT2D eigenvalue weighted by atomic mass is 9.85. The Labute approximate surface area is 141 Å². The van der Waals surface area contributed by atoms with Crippen molar-refractivity contribution in [2.75, 3.05) is 5.32 Å². The summed E-state index contributed by atoms with van der Waals surface area (Å²) in [6, 6.07) is 8.23. The number of thiophene rings is 1. The molecular weight excluding hydrogens is 304 g/mol. The van der Waals surface area contributed by atoms with Crippen molar-refractivity contribution < 1.29 is 4.79 Å². The van der Waals surface area contributed by atoms with E-state index in [4.69, 9.17) is 0 Å². The van der Waals surface area contributed by atoms with E-state index < -0.39 is 0 Å². The van der Waals surface area contributed by atoms with Gasteiger partial charge in [-0.25, -0.2) is 0 Å². The Morgan fingerprint density at radius 3 is 2.87 bits per heavy atom. The maximum Gasteiger partial charge on any atom is 0.256 e. The Bertz CT molecular complexity index is 765. The van der Waals surface area contributed by atoms with Crippen molar-refractivity contribution in [1.82, 2.24) is 5.32 Å². The van der Waals surface area contributed by atoms with Crippen LogP contribution in [0.3, 0.4) is 0 Å². The summed E-state index contributed by atoms with van der Waals surface area (Å²) in [6.07, 6.45) is 4.49. The standard InChI is InChI=1S/C19H22N2OS/c1-3-12-8-9-14-15(10-12)23-19-16(14)18(22)20-17(21-19)13-7-5-4-6-11(13)2/h4-7,12,17,21H,3,8-10H2,1-2H3,(H,20,22)/t12-,17-/m0/s1. The maximum atomic E-state index is 12.7. The van der Waals surface area contributed by atoms with Gasteiger partial charge in [-0.05, 0) is 48.8 Å². The lowest BCUT2D eigenvalue weighted by Crippen LogP contribution is -2.38. The number of benzene rings is 1. The summed E-state index contributed by atoms with van der Waals surface area (Å²) >= 11 is 1.79. The molecule has 0 fully saturated rings. The molecule has 0 saturated heterocycles. The molecule has 2 aliphatic rings. The van der Waals surface area contributed by atoms with E-state index in [2.05, 4.69) is 36.6 Å². The summed E-state index contributed by atoms with van der Waals surface area (Å²) in [5.74, 6) is 0.859. The second-order valence-corrected chi connectivity index (χ2v) is 7.74. The van der Waals surface area contributed by atoms with Gasteiger partial charge in [0.15, 0.2) is 0 Å². The number of rotatable bonds is 2. The fourth-order valence-electron chi connectivity index (χ4n) is 3.78. The molecule has 1 aliphatic carbocycles. The average molecular weight is 326 g/mol. The molecule has 0 spiro atoms. The molecule has 4 rings (SSSR count). The molecule has 1 aromatic carbocycles. The predicted molar refractivity (Wildman–Crippen MR) is 95.1 cm³/mol. The molecule has 0 radical (unpaired) electrons. The van der Waals surface area contributed by atoms with Crippen LogP contribution in [0.5, 0.6) is 0 Å². The minimum absolute atomic E-state index is 0.0828. The first-order valence-corrected chi connectivity index (χ1v) is 9.26. The van der Waals surface area contributed by atoms with E-state index in [1.54, 1.807) is 11.3 Å². The number of fused-ring (bicyclic) bond motifs is 3. The molecule has 3 nitrogen and oxygen atoms in total. The van der Waals surface area contributed by atoms with Gasteiger partial charge in [0.25, 0.3) is 5.91 Å². The molecule has 2 N–H and O–H groups in total. The van der Waals surface area contributed by atoms with Crippen LogP contribution in [0.1, 0.15) is 57.9 Å². The Morgan fingerprint density at radius 1 is 1.26 bits per heavy atom. The first-order valence-electron chi connectivity index (χ1n) is 8.44. The first-order chi connectivity index (χ1) is 11.2. The van der Waals surface area contributed by atoms with Crippen LogP contribution >= 0.6 is 11.3 Å². The van der Waals surface area contributed by atoms with Gasteiger partial charge in [-0.15, -0.1) is 11.3 Å². The Morgan fingerprint density at radius 2 is 2.09 bits per heavy atom. The molecule has 0 saturated carbocycles. The van der Waals surface area contributed by atoms with Crippen molar-refractivity contribution in [2.24, 2.45) is 5.92 Å². The molecule has 1 aliphatic heterocycles. The second kappa shape index (κ2) is 5.68. The van der Waals surface area contributed by atoms with Crippen molar-refractivity contribution in [3.05, 3.63) is 51.4 Å². The van der Waals surface area contributed by atoms with Crippen LogP contribution in [0.25, 0.3) is 0 Å². The van der Waals surface area contributed by atoms with E-state index in [-0.39, 0.29) is 12.1 Å². The van der Waals surface area contributed by atoms with Gasteiger partial charge >= 0.3 is 0 Å². The van der Waals surface area contributed by atoms with E-state index in [9.17, 15) is 4.79 Å². The van der Waals surface area contributed by atoms with Crippen LogP contribution in [0, 0.1) is 12.8 Å². The van der Waals surface area contributed by atoms with Gasteiger partial charge in [0.1, 0.15) is 11.2 Å². The Balaban J connectivity index is 1.69. The zero-order chi connectivity index (χ0) is 16.0. The molecule has 4 heteroatoms. The van der Waals surface area contributed by atoms with Gasteiger partial charge < -0.3 is 10.6 Å². The third-order valence-electron chi connectivity index (χ3n) is 5.22. The van der Waals surface area contributed by atoms with Gasteiger partial charge in [-0.3, -0.25) is 4.79 Å². The molecule has 2 aromatic rings. The molecule has 2 heterocycles. The quantitative estimate of drug-likeness (QED) is 0.857. The minimum Gasteiger partial charge on any atom is -0.353 e. The third-order valence-corrected chi connectivity index (χ3v) is 6.41. The molecule has 1 amide bonds. The highest BCUT2D eigenvalue weighted by atomic mass is 32.1. The molecule has 0 unspecified atom stereocenters. The summed E-state index contributed by atoms with van der Waals surface area (Å²) in [5.41, 5.74) is 4.54. The maximum absolute atomic E-state index is 12.7. The lowest BCUT2D eigenvalue weighted by Gasteiger charge is -2.28. The van der Waals surface area contributed by atoms with Crippen molar-refractivity contribution in [2.45, 2.75) is 45.7 Å². The van der Waals surface area contributed by atoms with Crippen LogP contribution in [0.2, 0.25) is 0 Å². The topological polar surface area (TPSA) is 41.1 Å². The number of aryl methyl sites for hydroxylation is 1. The number of nitrogens with one attached hydrogen (secondary N) is 2. The number of hydrogen-bond donors (Lipinski definition) is 2. The van der Waals surface area contributed by atoms with E-state index in [0.717, 1.165) is 34.9 Å². The first kappa shape index (κ1) is 14.8.